The van der Waals surface area contributed by atoms with E-state index >= 15 is 0 Å². The molecular weight excluding hydrogens is 390 g/mol. The minimum absolute atomic E-state index is 0.129. The maximum Gasteiger partial charge on any atom is 0.279 e. The fourth-order valence-electron chi connectivity index (χ4n) is 3.06. The van der Waals surface area contributed by atoms with E-state index in [-0.39, 0.29) is 10.8 Å². The number of carbonyl (C=O) groups excluding carboxylic acids is 1. The standard InChI is InChI=1S/C21H29N3O4S/c1-5-24(6-2)29(26,27)20-13-9-18(10-14-20)22-21(25)16-23(3)15-17-7-11-19(28-4)12-8-17/h7-14H,5-6,15-16H2,1-4H3,(H,22,25)/p+1. The molecular formula is C21H30N3O4S+. The number of hydrogen-bond acceptors (Lipinski definition) is 4. The van der Waals surface area contributed by atoms with Crippen molar-refractivity contribution in [1.29, 1.82) is 0 Å². The smallest absolute Gasteiger partial charge is 0.279 e. The number of methoxy groups -OCH3 is 1. The normalized spacial score (nSPS) is 12.6. The second-order valence-corrected chi connectivity index (χ2v) is 8.76. The highest BCUT2D eigenvalue weighted by atomic mass is 32.2. The number of likely N-dealkylation sites (N-methyl/N-ethyl adjacent to an activating group) is 1. The third kappa shape index (κ3) is 6.28. The van der Waals surface area contributed by atoms with Gasteiger partial charge in [-0.3, -0.25) is 4.79 Å². The van der Waals surface area contributed by atoms with Gasteiger partial charge in [0.05, 0.1) is 19.1 Å². The second-order valence-electron chi connectivity index (χ2n) is 6.82. The monoisotopic (exact) mass is 420 g/mol. The summed E-state index contributed by atoms with van der Waals surface area (Å²) in [6.45, 7) is 5.45. The molecule has 2 aromatic rings. The molecule has 1 atom stereocenters. The van der Waals surface area contributed by atoms with E-state index in [2.05, 4.69) is 5.32 Å². The molecule has 0 bridgehead atoms. The van der Waals surface area contributed by atoms with E-state index in [9.17, 15) is 13.2 Å². The average Bonchev–Trinajstić information content (AvgIpc) is 2.69. The van der Waals surface area contributed by atoms with E-state index in [0.29, 0.717) is 31.9 Å². The molecule has 0 saturated heterocycles. The van der Waals surface area contributed by atoms with Crippen molar-refractivity contribution in [2.75, 3.05) is 39.1 Å². The lowest BCUT2D eigenvalue weighted by Gasteiger charge is -2.18. The van der Waals surface area contributed by atoms with Gasteiger partial charge >= 0.3 is 0 Å². The third-order valence-electron chi connectivity index (χ3n) is 4.61. The summed E-state index contributed by atoms with van der Waals surface area (Å²) in [7, 11) is 0.0777. The minimum atomic E-state index is -3.50. The first kappa shape index (κ1) is 22.9. The highest BCUT2D eigenvalue weighted by Crippen LogP contribution is 2.18. The van der Waals surface area contributed by atoms with Gasteiger partial charge in [-0.1, -0.05) is 13.8 Å². The molecule has 0 spiro atoms. The molecule has 0 aromatic heterocycles. The molecule has 7 nitrogen and oxygen atoms in total. The quantitative estimate of drug-likeness (QED) is 0.609. The highest BCUT2D eigenvalue weighted by Gasteiger charge is 2.21. The Labute approximate surface area is 173 Å². The Morgan fingerprint density at radius 2 is 1.62 bits per heavy atom. The molecule has 2 rings (SSSR count). The third-order valence-corrected chi connectivity index (χ3v) is 6.67. The molecule has 1 unspecified atom stereocenters. The van der Waals surface area contributed by atoms with Crippen molar-refractivity contribution < 1.29 is 22.8 Å². The van der Waals surface area contributed by atoms with Crippen molar-refractivity contribution >= 4 is 21.6 Å². The van der Waals surface area contributed by atoms with Crippen molar-refractivity contribution in [3.05, 3.63) is 54.1 Å². The number of rotatable bonds is 10. The van der Waals surface area contributed by atoms with E-state index in [0.717, 1.165) is 16.2 Å². The van der Waals surface area contributed by atoms with Crippen LogP contribution in [0.5, 0.6) is 5.75 Å². The lowest BCUT2D eigenvalue weighted by Crippen LogP contribution is -3.08. The molecule has 29 heavy (non-hydrogen) atoms. The summed E-state index contributed by atoms with van der Waals surface area (Å²) < 4.78 is 31.6. The van der Waals surface area contributed by atoms with Gasteiger partial charge < -0.3 is 15.0 Å². The topological polar surface area (TPSA) is 80.2 Å². The Morgan fingerprint density at radius 3 is 2.14 bits per heavy atom. The van der Waals surface area contributed by atoms with Gasteiger partial charge in [-0.05, 0) is 48.5 Å². The minimum Gasteiger partial charge on any atom is -0.497 e. The number of hydrogen-bond donors (Lipinski definition) is 2. The van der Waals surface area contributed by atoms with Crippen LogP contribution in [0.15, 0.2) is 53.4 Å². The van der Waals surface area contributed by atoms with E-state index in [4.69, 9.17) is 4.74 Å². The van der Waals surface area contributed by atoms with Crippen LogP contribution < -0.4 is 15.0 Å². The SMILES string of the molecule is CCN(CC)S(=O)(=O)c1ccc(NC(=O)C[NH+](C)Cc2ccc(OC)cc2)cc1. The number of ether oxygens (including phenoxy) is 1. The van der Waals surface area contributed by atoms with Gasteiger partial charge in [0.15, 0.2) is 6.54 Å². The predicted molar refractivity (Wildman–Crippen MR) is 114 cm³/mol. The summed E-state index contributed by atoms with van der Waals surface area (Å²) >= 11 is 0. The summed E-state index contributed by atoms with van der Waals surface area (Å²) in [6, 6.07) is 14.0. The molecule has 8 heteroatoms. The second kappa shape index (κ2) is 10.4. The van der Waals surface area contributed by atoms with Gasteiger partial charge in [-0.2, -0.15) is 4.31 Å². The molecule has 0 heterocycles. The molecule has 2 N–H and O–H groups in total. The van der Waals surface area contributed by atoms with E-state index in [1.54, 1.807) is 33.1 Å². The van der Waals surface area contributed by atoms with Crippen LogP contribution in [-0.4, -0.2) is 52.4 Å². The fraction of sp³-hybridized carbons (Fsp3) is 0.381. The molecule has 2 aromatic carbocycles. The zero-order valence-corrected chi connectivity index (χ0v) is 18.3. The number of sulfonamides is 1. The van der Waals surface area contributed by atoms with Gasteiger partial charge in [-0.25, -0.2) is 8.42 Å². The van der Waals surface area contributed by atoms with E-state index < -0.39 is 10.0 Å². The van der Waals surface area contributed by atoms with Gasteiger partial charge in [0, 0.05) is 24.3 Å². The molecule has 1 amide bonds. The lowest BCUT2D eigenvalue weighted by molar-refractivity contribution is -0.885. The van der Waals surface area contributed by atoms with Crippen molar-refractivity contribution in [2.24, 2.45) is 0 Å². The first-order valence-electron chi connectivity index (χ1n) is 9.64. The average molecular weight is 421 g/mol. The van der Waals surface area contributed by atoms with Crippen LogP contribution in [0.2, 0.25) is 0 Å². The first-order chi connectivity index (χ1) is 13.8. The van der Waals surface area contributed by atoms with Gasteiger partial charge in [0.25, 0.3) is 5.91 Å². The number of nitrogens with zero attached hydrogens (tertiary/aromatic N) is 1. The van der Waals surface area contributed by atoms with E-state index in [1.807, 2.05) is 31.3 Å². The van der Waals surface area contributed by atoms with Crippen LogP contribution in [-0.2, 0) is 21.4 Å². The maximum absolute atomic E-state index is 12.5. The van der Waals surface area contributed by atoms with Gasteiger partial charge in [0.1, 0.15) is 12.3 Å². The lowest BCUT2D eigenvalue weighted by atomic mass is 10.2. The Morgan fingerprint density at radius 1 is 1.03 bits per heavy atom. The summed E-state index contributed by atoms with van der Waals surface area (Å²) in [5.74, 6) is 0.672. The summed E-state index contributed by atoms with van der Waals surface area (Å²) in [4.78, 5) is 13.6. The Balaban J connectivity index is 1.93. The molecule has 0 aliphatic heterocycles. The van der Waals surface area contributed by atoms with Crippen molar-refractivity contribution in [1.82, 2.24) is 4.31 Å². The summed E-state index contributed by atoms with van der Waals surface area (Å²) in [5.41, 5.74) is 1.69. The number of anilines is 1. The molecule has 0 fully saturated rings. The largest absolute Gasteiger partial charge is 0.497 e. The molecule has 0 aliphatic rings. The Hall–Kier alpha value is -2.42. The number of carbonyl (C=O) groups is 1. The number of nitrogens with one attached hydrogen (secondary N) is 2. The maximum atomic E-state index is 12.5. The van der Waals surface area contributed by atoms with Crippen LogP contribution in [0, 0.1) is 0 Å². The number of amides is 1. The zero-order chi connectivity index (χ0) is 21.4. The Kier molecular flexibility index (Phi) is 8.19. The van der Waals surface area contributed by atoms with Crippen LogP contribution >= 0.6 is 0 Å². The molecule has 0 aliphatic carbocycles. The van der Waals surface area contributed by atoms with Crippen LogP contribution in [0.3, 0.4) is 0 Å². The summed E-state index contributed by atoms with van der Waals surface area (Å²) in [6.07, 6.45) is 0. The highest BCUT2D eigenvalue weighted by molar-refractivity contribution is 7.89. The first-order valence-corrected chi connectivity index (χ1v) is 11.1. The van der Waals surface area contributed by atoms with E-state index in [1.165, 1.54) is 16.4 Å². The predicted octanol–water partition coefficient (Wildman–Crippen LogP) is 1.38. The van der Waals surface area contributed by atoms with Gasteiger partial charge in [0.2, 0.25) is 10.0 Å². The molecule has 0 radical (unpaired) electrons. The number of quaternary nitrogens is 1. The number of benzene rings is 2. The van der Waals surface area contributed by atoms with Crippen molar-refractivity contribution in [3.63, 3.8) is 0 Å². The van der Waals surface area contributed by atoms with Crippen LogP contribution in [0.1, 0.15) is 19.4 Å². The Bertz CT molecular complexity index is 893. The van der Waals surface area contributed by atoms with Crippen LogP contribution in [0.25, 0.3) is 0 Å². The van der Waals surface area contributed by atoms with Crippen molar-refractivity contribution in [3.8, 4) is 5.75 Å². The molecule has 0 saturated carbocycles. The van der Waals surface area contributed by atoms with Gasteiger partial charge in [-0.15, -0.1) is 0 Å². The molecule has 158 valence electrons. The van der Waals surface area contributed by atoms with Crippen molar-refractivity contribution in [2.45, 2.75) is 25.3 Å². The zero-order valence-electron chi connectivity index (χ0n) is 17.4. The fourth-order valence-corrected chi connectivity index (χ4v) is 4.51. The summed E-state index contributed by atoms with van der Waals surface area (Å²) in [5, 5.41) is 2.82. The van der Waals surface area contributed by atoms with Crippen LogP contribution in [0.4, 0.5) is 5.69 Å².